The van der Waals surface area contributed by atoms with Crippen molar-refractivity contribution in [3.63, 3.8) is 0 Å². The Morgan fingerprint density at radius 2 is 2.03 bits per heavy atom. The summed E-state index contributed by atoms with van der Waals surface area (Å²) in [5.41, 5.74) is 13.5. The molecule has 5 rings (SSSR count). The molecule has 7 heteroatoms. The van der Waals surface area contributed by atoms with Gasteiger partial charge in [0.1, 0.15) is 11.6 Å². The van der Waals surface area contributed by atoms with Crippen LogP contribution in [0.4, 0.5) is 5.82 Å². The topological polar surface area (TPSA) is 89.9 Å². The lowest BCUT2D eigenvalue weighted by Gasteiger charge is -2.17. The first-order chi connectivity index (χ1) is 15.5. The number of fused-ring (bicyclic) bond motifs is 1. The zero-order valence-electron chi connectivity index (χ0n) is 18.1. The fourth-order valence-electron chi connectivity index (χ4n) is 4.43. The summed E-state index contributed by atoms with van der Waals surface area (Å²) in [6.07, 6.45) is 3.66. The molecule has 0 aliphatic carbocycles. The van der Waals surface area contributed by atoms with Gasteiger partial charge < -0.3 is 15.6 Å². The van der Waals surface area contributed by atoms with Crippen LogP contribution < -0.4 is 11.1 Å². The molecule has 3 N–H and O–H groups in total. The van der Waals surface area contributed by atoms with Crippen LogP contribution in [0, 0.1) is 13.8 Å². The molecule has 6 nitrogen and oxygen atoms in total. The predicted octanol–water partition coefficient (Wildman–Crippen LogP) is 5.10. The summed E-state index contributed by atoms with van der Waals surface area (Å²) < 4.78 is 5.47. The van der Waals surface area contributed by atoms with Crippen molar-refractivity contribution in [1.29, 1.82) is 0 Å². The number of rotatable bonds is 4. The minimum atomic E-state index is 0.482. The van der Waals surface area contributed by atoms with Gasteiger partial charge in [-0.15, -0.1) is 0 Å². The highest BCUT2D eigenvalue weighted by Gasteiger charge is 2.21. The molecule has 0 unspecified atom stereocenters. The van der Waals surface area contributed by atoms with Gasteiger partial charge in [0.15, 0.2) is 5.82 Å². The summed E-state index contributed by atoms with van der Waals surface area (Å²) >= 11 is 6.27. The number of aryl methyl sites for hydroxylation is 2. The van der Waals surface area contributed by atoms with Crippen molar-refractivity contribution in [1.82, 2.24) is 20.4 Å². The Kier molecular flexibility index (Phi) is 5.41. The molecule has 0 spiro atoms. The van der Waals surface area contributed by atoms with Gasteiger partial charge in [0.2, 0.25) is 0 Å². The van der Waals surface area contributed by atoms with Gasteiger partial charge >= 0.3 is 0 Å². The van der Waals surface area contributed by atoms with Gasteiger partial charge in [0, 0.05) is 22.5 Å². The average Bonchev–Trinajstić information content (AvgIpc) is 3.12. The smallest absolute Gasteiger partial charge is 0.157 e. The molecule has 3 heterocycles. The van der Waals surface area contributed by atoms with Gasteiger partial charge in [-0.1, -0.05) is 41.0 Å². The molecule has 2 aromatic heterocycles. The molecule has 162 valence electrons. The van der Waals surface area contributed by atoms with E-state index in [1.54, 1.807) is 0 Å². The molecular formula is C25H24ClN5O. The monoisotopic (exact) mass is 445 g/mol. The molecule has 1 aliphatic heterocycles. The summed E-state index contributed by atoms with van der Waals surface area (Å²) in [4.78, 5) is 9.61. The van der Waals surface area contributed by atoms with Crippen LogP contribution in [0.5, 0.6) is 0 Å². The highest BCUT2D eigenvalue weighted by molar-refractivity contribution is 6.30. The molecule has 0 atom stereocenters. The summed E-state index contributed by atoms with van der Waals surface area (Å²) in [7, 11) is 0. The Bertz CT molecular complexity index is 1340. The van der Waals surface area contributed by atoms with Crippen LogP contribution >= 0.6 is 11.6 Å². The summed E-state index contributed by atoms with van der Waals surface area (Å²) in [6.45, 7) is 5.61. The first kappa shape index (κ1) is 20.7. The van der Waals surface area contributed by atoms with Crippen molar-refractivity contribution < 1.29 is 4.52 Å². The SMILES string of the molecule is Cc1noc(C)c1-c1ccc2nc(C3=CCNCC3)nc(N)c2c1Cc1cccc(Cl)c1. The van der Waals surface area contributed by atoms with Crippen molar-refractivity contribution >= 4 is 33.9 Å². The van der Waals surface area contributed by atoms with Crippen molar-refractivity contribution in [3.05, 3.63) is 75.9 Å². The third-order valence-corrected chi connectivity index (χ3v) is 6.16. The normalized spacial score (nSPS) is 14.0. The minimum Gasteiger partial charge on any atom is -0.383 e. The number of aromatic nitrogens is 3. The maximum Gasteiger partial charge on any atom is 0.157 e. The first-order valence-corrected chi connectivity index (χ1v) is 11.1. The fourth-order valence-corrected chi connectivity index (χ4v) is 4.64. The van der Waals surface area contributed by atoms with E-state index in [2.05, 4.69) is 28.7 Å². The van der Waals surface area contributed by atoms with Crippen LogP contribution in [0.1, 0.15) is 34.8 Å². The van der Waals surface area contributed by atoms with E-state index in [1.165, 1.54) is 0 Å². The van der Waals surface area contributed by atoms with Gasteiger partial charge in [0.25, 0.3) is 0 Å². The van der Waals surface area contributed by atoms with E-state index in [-0.39, 0.29) is 0 Å². The Morgan fingerprint density at radius 1 is 1.16 bits per heavy atom. The number of nitrogens with two attached hydrogens (primary N) is 1. The molecule has 2 aromatic carbocycles. The van der Waals surface area contributed by atoms with Crippen molar-refractivity contribution in [2.24, 2.45) is 0 Å². The van der Waals surface area contributed by atoms with Crippen LogP contribution in [-0.4, -0.2) is 28.2 Å². The molecule has 0 radical (unpaired) electrons. The second-order valence-corrected chi connectivity index (χ2v) is 8.54. The number of halogens is 1. The number of nitrogen functional groups attached to an aromatic ring is 1. The van der Waals surface area contributed by atoms with E-state index < -0.39 is 0 Å². The van der Waals surface area contributed by atoms with E-state index in [4.69, 9.17) is 31.8 Å². The number of nitrogens with one attached hydrogen (secondary N) is 1. The van der Waals surface area contributed by atoms with E-state index in [1.807, 2.05) is 38.1 Å². The molecule has 0 saturated heterocycles. The molecule has 0 bridgehead atoms. The van der Waals surface area contributed by atoms with Crippen molar-refractivity contribution in [3.8, 4) is 11.1 Å². The number of hydrogen-bond acceptors (Lipinski definition) is 6. The van der Waals surface area contributed by atoms with Crippen LogP contribution in [0.3, 0.4) is 0 Å². The van der Waals surface area contributed by atoms with Gasteiger partial charge in [0.05, 0.1) is 11.2 Å². The Morgan fingerprint density at radius 3 is 2.75 bits per heavy atom. The summed E-state index contributed by atoms with van der Waals surface area (Å²) in [5, 5.41) is 9.04. The van der Waals surface area contributed by atoms with Gasteiger partial charge in [-0.2, -0.15) is 0 Å². The maximum atomic E-state index is 6.59. The van der Waals surface area contributed by atoms with E-state index >= 15 is 0 Å². The Hall–Kier alpha value is -3.22. The standard InChI is InChI=1S/C25H24ClN5O/c1-14-22(15(2)32-31-14)19-6-7-21-23(20(19)13-16-4-3-5-18(26)12-16)24(27)30-25(29-21)17-8-10-28-11-9-17/h3-8,12,28H,9-11,13H2,1-2H3,(H2,27,29,30). The third kappa shape index (κ3) is 3.76. The highest BCUT2D eigenvalue weighted by atomic mass is 35.5. The molecule has 0 fully saturated rings. The zero-order valence-corrected chi connectivity index (χ0v) is 18.8. The maximum absolute atomic E-state index is 6.59. The van der Waals surface area contributed by atoms with E-state index in [9.17, 15) is 0 Å². The second kappa shape index (κ2) is 8.37. The second-order valence-electron chi connectivity index (χ2n) is 8.11. The largest absolute Gasteiger partial charge is 0.383 e. The quantitative estimate of drug-likeness (QED) is 0.454. The lowest BCUT2D eigenvalue weighted by Crippen LogP contribution is -2.20. The molecule has 0 amide bonds. The number of nitrogens with zero attached hydrogens (tertiary/aromatic N) is 3. The number of benzene rings is 2. The van der Waals surface area contributed by atoms with Crippen LogP contribution in [-0.2, 0) is 6.42 Å². The van der Waals surface area contributed by atoms with Crippen LogP contribution in [0.15, 0.2) is 47.0 Å². The van der Waals surface area contributed by atoms with Gasteiger partial charge in [-0.05, 0) is 73.7 Å². The van der Waals surface area contributed by atoms with Crippen molar-refractivity contribution in [2.45, 2.75) is 26.7 Å². The fraction of sp³-hybridized carbons (Fsp3) is 0.240. The summed E-state index contributed by atoms with van der Waals surface area (Å²) in [6, 6.07) is 12.0. The van der Waals surface area contributed by atoms with Crippen molar-refractivity contribution in [2.75, 3.05) is 18.8 Å². The zero-order chi connectivity index (χ0) is 22.2. The van der Waals surface area contributed by atoms with Gasteiger partial charge in [-0.3, -0.25) is 0 Å². The average molecular weight is 446 g/mol. The molecule has 4 aromatic rings. The summed E-state index contributed by atoms with van der Waals surface area (Å²) in [5.74, 6) is 1.95. The minimum absolute atomic E-state index is 0.482. The van der Waals surface area contributed by atoms with Gasteiger partial charge in [-0.25, -0.2) is 9.97 Å². The predicted molar refractivity (Wildman–Crippen MR) is 129 cm³/mol. The Labute approximate surface area is 191 Å². The molecule has 1 aliphatic rings. The molecular weight excluding hydrogens is 422 g/mol. The van der Waals surface area contributed by atoms with Crippen LogP contribution in [0.25, 0.3) is 27.6 Å². The first-order valence-electron chi connectivity index (χ1n) is 10.7. The highest BCUT2D eigenvalue weighted by Crippen LogP contribution is 2.37. The molecule has 32 heavy (non-hydrogen) atoms. The van der Waals surface area contributed by atoms with Crippen LogP contribution in [0.2, 0.25) is 5.02 Å². The lowest BCUT2D eigenvalue weighted by molar-refractivity contribution is 0.393. The Balaban J connectivity index is 1.74. The van der Waals surface area contributed by atoms with E-state index in [0.29, 0.717) is 23.1 Å². The third-order valence-electron chi connectivity index (χ3n) is 5.92. The number of hydrogen-bond donors (Lipinski definition) is 2. The molecule has 0 saturated carbocycles. The van der Waals surface area contributed by atoms with E-state index in [0.717, 1.165) is 69.7 Å². The lowest BCUT2D eigenvalue weighted by atomic mass is 9.90. The number of anilines is 1.